The predicted octanol–water partition coefficient (Wildman–Crippen LogP) is 5.18. The molecule has 1 atom stereocenters. The molecule has 0 spiro atoms. The second-order valence-electron chi connectivity index (χ2n) is 10.3. The molecule has 0 radical (unpaired) electrons. The lowest BCUT2D eigenvalue weighted by molar-refractivity contribution is -0.140. The molecule has 1 N–H and O–H groups in total. The van der Waals surface area contributed by atoms with Gasteiger partial charge in [-0.1, -0.05) is 55.5 Å². The summed E-state index contributed by atoms with van der Waals surface area (Å²) in [5, 5.41) is 3.82. The van der Waals surface area contributed by atoms with Gasteiger partial charge in [-0.15, -0.1) is 0 Å². The molecular formula is C29H37Cl2N3O6S. The van der Waals surface area contributed by atoms with E-state index in [-0.39, 0.29) is 29.9 Å². The van der Waals surface area contributed by atoms with E-state index < -0.39 is 28.5 Å². The zero-order valence-corrected chi connectivity index (χ0v) is 25.7. The first kappa shape index (κ1) is 31.3. The second kappa shape index (κ2) is 14.0. The van der Waals surface area contributed by atoms with Crippen molar-refractivity contribution in [3.05, 3.63) is 52.0 Å². The number of hydrogen-bond donors (Lipinski definition) is 1. The topological polar surface area (TPSA) is 105 Å². The first-order valence-corrected chi connectivity index (χ1v) is 16.4. The fourth-order valence-electron chi connectivity index (χ4n) is 5.21. The third-order valence-electron chi connectivity index (χ3n) is 7.47. The lowest BCUT2D eigenvalue weighted by atomic mass is 9.95. The highest BCUT2D eigenvalue weighted by atomic mass is 35.5. The summed E-state index contributed by atoms with van der Waals surface area (Å²) in [5.41, 5.74) is 0.944. The largest absolute Gasteiger partial charge is 0.486 e. The van der Waals surface area contributed by atoms with Gasteiger partial charge in [0.2, 0.25) is 21.8 Å². The lowest BCUT2D eigenvalue weighted by Gasteiger charge is -2.34. The smallest absolute Gasteiger partial charge is 0.244 e. The molecule has 0 unspecified atom stereocenters. The van der Waals surface area contributed by atoms with E-state index in [2.05, 4.69) is 5.32 Å². The fourth-order valence-corrected chi connectivity index (χ4v) is 6.58. The van der Waals surface area contributed by atoms with Gasteiger partial charge in [-0.3, -0.25) is 13.9 Å². The summed E-state index contributed by atoms with van der Waals surface area (Å²) in [6.45, 7) is 3.64. The highest BCUT2D eigenvalue weighted by molar-refractivity contribution is 7.92. The average molecular weight is 627 g/mol. The zero-order valence-electron chi connectivity index (χ0n) is 23.4. The fraction of sp³-hybridized carbons (Fsp3) is 0.517. The number of carbonyl (C=O) groups excluding carboxylic acids is 2. The number of benzene rings is 2. The van der Waals surface area contributed by atoms with E-state index in [1.165, 1.54) is 11.8 Å². The Morgan fingerprint density at radius 1 is 0.976 bits per heavy atom. The molecule has 224 valence electrons. The number of nitrogens with zero attached hydrogens (tertiary/aromatic N) is 2. The summed E-state index contributed by atoms with van der Waals surface area (Å²) in [4.78, 5) is 29.0. The molecule has 2 amide bonds. The van der Waals surface area contributed by atoms with Gasteiger partial charge in [0.1, 0.15) is 25.8 Å². The van der Waals surface area contributed by atoms with Crippen molar-refractivity contribution in [3.63, 3.8) is 0 Å². The Labute approximate surface area is 252 Å². The Morgan fingerprint density at radius 3 is 2.34 bits per heavy atom. The molecule has 2 aromatic carbocycles. The highest BCUT2D eigenvalue weighted by Crippen LogP contribution is 2.35. The van der Waals surface area contributed by atoms with Crippen LogP contribution in [0.3, 0.4) is 0 Å². The molecule has 1 aliphatic heterocycles. The standard InChI is InChI=1S/C29H37Cl2N3O6S/c1-3-25(29(36)32-21-8-6-5-7-9-21)33(18-20-10-12-23(30)24(31)16-20)28(35)19-34(41(37,38)4-2)22-11-13-26-27(17-22)40-15-14-39-26/h10-13,16-17,21,25H,3-9,14-15,18-19H2,1-2H3,(H,32,36)/t25-/m1/s1. The first-order chi connectivity index (χ1) is 19.6. The molecule has 41 heavy (non-hydrogen) atoms. The van der Waals surface area contributed by atoms with Crippen LogP contribution in [0, 0.1) is 0 Å². The van der Waals surface area contributed by atoms with Crippen molar-refractivity contribution in [1.82, 2.24) is 10.2 Å². The zero-order chi connectivity index (χ0) is 29.6. The van der Waals surface area contributed by atoms with Gasteiger partial charge in [-0.05, 0) is 56.0 Å². The molecule has 9 nitrogen and oxygen atoms in total. The quantitative estimate of drug-likeness (QED) is 0.369. The van der Waals surface area contributed by atoms with E-state index in [0.29, 0.717) is 46.7 Å². The minimum absolute atomic E-state index is 0.0491. The van der Waals surface area contributed by atoms with Crippen LogP contribution in [0.25, 0.3) is 0 Å². The van der Waals surface area contributed by atoms with Gasteiger partial charge in [0.15, 0.2) is 11.5 Å². The Hall–Kier alpha value is -2.69. The predicted molar refractivity (Wildman–Crippen MR) is 160 cm³/mol. The molecule has 0 aromatic heterocycles. The SMILES string of the molecule is CC[C@H](C(=O)NC1CCCCC1)N(Cc1ccc(Cl)c(Cl)c1)C(=O)CN(c1ccc2c(c1)OCCO2)S(=O)(=O)CC. The summed E-state index contributed by atoms with van der Waals surface area (Å²) in [6, 6.07) is 9.04. The van der Waals surface area contributed by atoms with Gasteiger partial charge in [0.25, 0.3) is 0 Å². The number of ether oxygens (including phenoxy) is 2. The summed E-state index contributed by atoms with van der Waals surface area (Å²) >= 11 is 12.4. The van der Waals surface area contributed by atoms with Crippen molar-refractivity contribution in [1.29, 1.82) is 0 Å². The number of amides is 2. The van der Waals surface area contributed by atoms with Crippen LogP contribution in [0.15, 0.2) is 36.4 Å². The Kier molecular flexibility index (Phi) is 10.7. The molecule has 2 aliphatic rings. The number of nitrogens with one attached hydrogen (secondary N) is 1. The van der Waals surface area contributed by atoms with Gasteiger partial charge in [-0.2, -0.15) is 0 Å². The van der Waals surface area contributed by atoms with E-state index in [4.69, 9.17) is 32.7 Å². The summed E-state index contributed by atoms with van der Waals surface area (Å²) < 4.78 is 38.8. The number of carbonyl (C=O) groups is 2. The van der Waals surface area contributed by atoms with Crippen LogP contribution in [-0.2, 0) is 26.2 Å². The van der Waals surface area contributed by atoms with Crippen LogP contribution in [0.4, 0.5) is 5.69 Å². The van der Waals surface area contributed by atoms with Crippen molar-refractivity contribution in [2.24, 2.45) is 0 Å². The van der Waals surface area contributed by atoms with Crippen molar-refractivity contribution < 1.29 is 27.5 Å². The van der Waals surface area contributed by atoms with Crippen molar-refractivity contribution in [2.75, 3.05) is 29.8 Å². The normalized spacial score (nSPS) is 16.1. The monoisotopic (exact) mass is 625 g/mol. The summed E-state index contributed by atoms with van der Waals surface area (Å²) in [5.74, 6) is -0.0816. The van der Waals surface area contributed by atoms with Crippen molar-refractivity contribution in [2.45, 2.75) is 71.0 Å². The van der Waals surface area contributed by atoms with Crippen molar-refractivity contribution in [3.8, 4) is 11.5 Å². The van der Waals surface area contributed by atoms with Crippen molar-refractivity contribution >= 4 is 50.7 Å². The number of hydrogen-bond acceptors (Lipinski definition) is 6. The van der Waals surface area contributed by atoms with Gasteiger partial charge in [0, 0.05) is 18.7 Å². The van der Waals surface area contributed by atoms with E-state index in [9.17, 15) is 18.0 Å². The van der Waals surface area contributed by atoms with E-state index >= 15 is 0 Å². The molecular weight excluding hydrogens is 589 g/mol. The molecule has 12 heteroatoms. The maximum absolute atomic E-state index is 14.1. The second-order valence-corrected chi connectivity index (χ2v) is 13.3. The molecule has 1 heterocycles. The molecule has 1 saturated carbocycles. The maximum atomic E-state index is 14.1. The van der Waals surface area contributed by atoms with Crippen LogP contribution >= 0.6 is 23.2 Å². The van der Waals surface area contributed by atoms with Gasteiger partial charge < -0.3 is 19.7 Å². The Bertz CT molecular complexity index is 1350. The lowest BCUT2D eigenvalue weighted by Crippen LogP contribution is -2.54. The number of sulfonamides is 1. The number of fused-ring (bicyclic) bond motifs is 1. The number of anilines is 1. The minimum Gasteiger partial charge on any atom is -0.486 e. The Balaban J connectivity index is 1.66. The van der Waals surface area contributed by atoms with E-state index in [1.807, 2.05) is 6.92 Å². The van der Waals surface area contributed by atoms with Crippen LogP contribution in [0.2, 0.25) is 10.0 Å². The van der Waals surface area contributed by atoms with Crippen LogP contribution in [0.5, 0.6) is 11.5 Å². The number of rotatable bonds is 11. The van der Waals surface area contributed by atoms with Crippen LogP contribution < -0.4 is 19.1 Å². The van der Waals surface area contributed by atoms with Gasteiger partial charge in [-0.25, -0.2) is 8.42 Å². The van der Waals surface area contributed by atoms with Gasteiger partial charge in [0.05, 0.1) is 21.5 Å². The molecule has 4 rings (SSSR count). The highest BCUT2D eigenvalue weighted by Gasteiger charge is 2.34. The summed E-state index contributed by atoms with van der Waals surface area (Å²) in [6.07, 6.45) is 5.38. The average Bonchev–Trinajstić information content (AvgIpc) is 2.97. The molecule has 1 fully saturated rings. The molecule has 2 aromatic rings. The van der Waals surface area contributed by atoms with Crippen LogP contribution in [-0.4, -0.2) is 62.7 Å². The van der Waals surface area contributed by atoms with E-state index in [0.717, 1.165) is 36.4 Å². The van der Waals surface area contributed by atoms with Crippen LogP contribution in [0.1, 0.15) is 57.9 Å². The first-order valence-electron chi connectivity index (χ1n) is 14.1. The number of halogens is 2. The molecule has 1 aliphatic carbocycles. The third kappa shape index (κ3) is 7.78. The summed E-state index contributed by atoms with van der Waals surface area (Å²) in [7, 11) is -3.88. The Morgan fingerprint density at radius 2 is 1.68 bits per heavy atom. The molecule has 0 saturated heterocycles. The van der Waals surface area contributed by atoms with E-state index in [1.54, 1.807) is 36.4 Å². The molecule has 0 bridgehead atoms. The minimum atomic E-state index is -3.88. The maximum Gasteiger partial charge on any atom is 0.244 e. The van der Waals surface area contributed by atoms with Gasteiger partial charge >= 0.3 is 0 Å². The third-order valence-corrected chi connectivity index (χ3v) is 9.95.